The van der Waals surface area contributed by atoms with Crippen LogP contribution in [0, 0.1) is 12.8 Å². The average molecular weight is 295 g/mol. The van der Waals surface area contributed by atoms with E-state index in [2.05, 4.69) is 33.5 Å². The summed E-state index contributed by atoms with van der Waals surface area (Å²) >= 11 is 0. The number of hydrogen-bond donors (Lipinski definition) is 1. The van der Waals surface area contributed by atoms with E-state index in [-0.39, 0.29) is 0 Å². The summed E-state index contributed by atoms with van der Waals surface area (Å²) in [5.41, 5.74) is 4.98. The summed E-state index contributed by atoms with van der Waals surface area (Å²) in [6.45, 7) is 4.39. The largest absolute Gasteiger partial charge is 0.317 e. The molecule has 0 radical (unpaired) electrons. The quantitative estimate of drug-likeness (QED) is 0.919. The first kappa shape index (κ1) is 15.2. The van der Waals surface area contributed by atoms with E-state index in [4.69, 9.17) is 0 Å². The number of aryl methyl sites for hydroxylation is 2. The van der Waals surface area contributed by atoms with Crippen molar-refractivity contribution in [1.82, 2.24) is 15.3 Å². The van der Waals surface area contributed by atoms with E-state index in [1.165, 1.54) is 49.0 Å². The zero-order valence-corrected chi connectivity index (χ0v) is 13.4. The van der Waals surface area contributed by atoms with Crippen molar-refractivity contribution >= 4 is 0 Å². The lowest BCUT2D eigenvalue weighted by Crippen LogP contribution is -2.27. The topological polar surface area (TPSA) is 37.8 Å². The molecule has 0 aliphatic carbocycles. The van der Waals surface area contributed by atoms with Crippen LogP contribution in [-0.4, -0.2) is 23.1 Å². The predicted molar refractivity (Wildman–Crippen MR) is 89.9 cm³/mol. The Morgan fingerprint density at radius 3 is 2.64 bits per heavy atom. The molecule has 3 heteroatoms. The van der Waals surface area contributed by atoms with Crippen molar-refractivity contribution in [3.05, 3.63) is 59.2 Å². The Balaban J connectivity index is 1.58. The zero-order chi connectivity index (χ0) is 15.2. The normalized spacial score (nSPS) is 15.9. The minimum atomic E-state index is 0.881. The Morgan fingerprint density at radius 1 is 1.05 bits per heavy atom. The van der Waals surface area contributed by atoms with Gasteiger partial charge in [-0.3, -0.25) is 9.97 Å². The maximum atomic E-state index is 4.43. The molecule has 22 heavy (non-hydrogen) atoms. The van der Waals surface area contributed by atoms with E-state index in [1.54, 1.807) is 0 Å². The molecule has 0 unspecified atom stereocenters. The van der Waals surface area contributed by atoms with Crippen molar-refractivity contribution in [2.75, 3.05) is 13.1 Å². The summed E-state index contributed by atoms with van der Waals surface area (Å²) in [7, 11) is 0. The maximum absolute atomic E-state index is 4.43. The van der Waals surface area contributed by atoms with Crippen molar-refractivity contribution < 1.29 is 0 Å². The first-order valence-corrected chi connectivity index (χ1v) is 8.34. The highest BCUT2D eigenvalue weighted by molar-refractivity contribution is 5.25. The molecular weight excluding hydrogens is 270 g/mol. The van der Waals surface area contributed by atoms with Gasteiger partial charge in [0.05, 0.1) is 0 Å². The maximum Gasteiger partial charge on any atom is 0.0372 e. The monoisotopic (exact) mass is 295 g/mol. The Bertz CT molecular complexity index is 586. The van der Waals surface area contributed by atoms with Crippen molar-refractivity contribution in [3.63, 3.8) is 0 Å². The second kappa shape index (κ2) is 7.50. The summed E-state index contributed by atoms with van der Waals surface area (Å²) in [5, 5.41) is 3.43. The van der Waals surface area contributed by atoms with E-state index >= 15 is 0 Å². The van der Waals surface area contributed by atoms with Crippen molar-refractivity contribution in [2.24, 2.45) is 5.92 Å². The van der Waals surface area contributed by atoms with Crippen molar-refractivity contribution in [3.8, 4) is 0 Å². The number of pyridine rings is 2. The van der Waals surface area contributed by atoms with Gasteiger partial charge in [0, 0.05) is 30.7 Å². The lowest BCUT2D eigenvalue weighted by Gasteiger charge is -2.22. The predicted octanol–water partition coefficient (Wildman–Crippen LogP) is 3.31. The van der Waals surface area contributed by atoms with Gasteiger partial charge < -0.3 is 5.32 Å². The van der Waals surface area contributed by atoms with Gasteiger partial charge in [-0.05, 0) is 74.4 Å². The molecule has 116 valence electrons. The number of piperidine rings is 1. The number of hydrogen-bond acceptors (Lipinski definition) is 3. The number of nitrogens with one attached hydrogen (secondary N) is 1. The summed E-state index contributed by atoms with van der Waals surface area (Å²) in [6, 6.07) is 6.54. The van der Waals surface area contributed by atoms with E-state index in [0.717, 1.165) is 24.5 Å². The molecule has 3 heterocycles. The van der Waals surface area contributed by atoms with Crippen LogP contribution in [0.25, 0.3) is 0 Å². The third kappa shape index (κ3) is 4.38. The molecule has 1 N–H and O–H groups in total. The lowest BCUT2D eigenvalue weighted by atomic mass is 9.91. The molecule has 2 aromatic heterocycles. The summed E-state index contributed by atoms with van der Waals surface area (Å²) in [6.07, 6.45) is 12.0. The van der Waals surface area contributed by atoms with Crippen molar-refractivity contribution in [2.45, 2.75) is 39.0 Å². The Labute approximate surface area is 133 Å². The highest BCUT2D eigenvalue weighted by Gasteiger charge is 2.12. The van der Waals surface area contributed by atoms with Crippen LogP contribution in [0.4, 0.5) is 0 Å². The standard InChI is InChI=1S/C19H25N3/c1-15-2-3-18(14-22-15)11-19-10-17(12-21-13-19)5-4-16-6-8-20-9-7-16/h2-3,10,12-14,16,20H,4-9,11H2,1H3. The first-order chi connectivity index (χ1) is 10.8. The minimum absolute atomic E-state index is 0.881. The van der Waals surface area contributed by atoms with Crippen molar-refractivity contribution in [1.29, 1.82) is 0 Å². The molecule has 0 saturated carbocycles. The van der Waals surface area contributed by atoms with Gasteiger partial charge in [-0.25, -0.2) is 0 Å². The summed E-state index contributed by atoms with van der Waals surface area (Å²) in [4.78, 5) is 8.80. The van der Waals surface area contributed by atoms with Gasteiger partial charge in [0.15, 0.2) is 0 Å². The summed E-state index contributed by atoms with van der Waals surface area (Å²) in [5.74, 6) is 0.881. The fourth-order valence-corrected chi connectivity index (χ4v) is 3.15. The fourth-order valence-electron chi connectivity index (χ4n) is 3.15. The molecule has 2 aromatic rings. The Hall–Kier alpha value is -1.74. The molecule has 0 amide bonds. The van der Waals surface area contributed by atoms with E-state index in [0.29, 0.717) is 0 Å². The second-order valence-corrected chi connectivity index (χ2v) is 6.42. The molecule has 1 fully saturated rings. The lowest BCUT2D eigenvalue weighted by molar-refractivity contribution is 0.354. The Morgan fingerprint density at radius 2 is 1.86 bits per heavy atom. The second-order valence-electron chi connectivity index (χ2n) is 6.42. The van der Waals surface area contributed by atoms with Crippen LogP contribution in [0.2, 0.25) is 0 Å². The van der Waals surface area contributed by atoms with Crippen LogP contribution in [0.1, 0.15) is 41.6 Å². The third-order valence-corrected chi connectivity index (χ3v) is 4.53. The van der Waals surface area contributed by atoms with E-state index < -0.39 is 0 Å². The van der Waals surface area contributed by atoms with Gasteiger partial charge in [0.1, 0.15) is 0 Å². The van der Waals surface area contributed by atoms with Gasteiger partial charge in [-0.15, -0.1) is 0 Å². The molecule has 1 aliphatic heterocycles. The third-order valence-electron chi connectivity index (χ3n) is 4.53. The molecule has 3 nitrogen and oxygen atoms in total. The smallest absolute Gasteiger partial charge is 0.0372 e. The van der Waals surface area contributed by atoms with Gasteiger partial charge in [0.25, 0.3) is 0 Å². The fraction of sp³-hybridized carbons (Fsp3) is 0.474. The first-order valence-electron chi connectivity index (χ1n) is 8.34. The van der Waals surface area contributed by atoms with Crippen LogP contribution in [-0.2, 0) is 12.8 Å². The van der Waals surface area contributed by atoms with Crippen LogP contribution >= 0.6 is 0 Å². The van der Waals surface area contributed by atoms with E-state index in [1.807, 2.05) is 25.5 Å². The van der Waals surface area contributed by atoms with Crippen LogP contribution < -0.4 is 5.32 Å². The molecule has 0 bridgehead atoms. The van der Waals surface area contributed by atoms with Crippen LogP contribution in [0.5, 0.6) is 0 Å². The van der Waals surface area contributed by atoms with Crippen LogP contribution in [0.15, 0.2) is 36.8 Å². The number of aromatic nitrogens is 2. The Kier molecular flexibility index (Phi) is 5.17. The zero-order valence-electron chi connectivity index (χ0n) is 13.4. The van der Waals surface area contributed by atoms with Gasteiger partial charge in [0.2, 0.25) is 0 Å². The highest BCUT2D eigenvalue weighted by atomic mass is 14.9. The summed E-state index contributed by atoms with van der Waals surface area (Å²) < 4.78 is 0. The van der Waals surface area contributed by atoms with Gasteiger partial charge >= 0.3 is 0 Å². The molecule has 1 saturated heterocycles. The SMILES string of the molecule is Cc1ccc(Cc2cncc(CCC3CCNCC3)c2)cn1. The minimum Gasteiger partial charge on any atom is -0.317 e. The van der Waals surface area contributed by atoms with Crippen LogP contribution in [0.3, 0.4) is 0 Å². The number of rotatable bonds is 5. The highest BCUT2D eigenvalue weighted by Crippen LogP contribution is 2.19. The van der Waals surface area contributed by atoms with Gasteiger partial charge in [-0.1, -0.05) is 12.1 Å². The molecule has 0 spiro atoms. The van der Waals surface area contributed by atoms with E-state index in [9.17, 15) is 0 Å². The van der Waals surface area contributed by atoms with Gasteiger partial charge in [-0.2, -0.15) is 0 Å². The molecular formula is C19H25N3. The molecule has 0 aromatic carbocycles. The average Bonchev–Trinajstić information content (AvgIpc) is 2.57. The number of nitrogens with zero attached hydrogens (tertiary/aromatic N) is 2. The molecule has 1 aliphatic rings. The molecule has 0 atom stereocenters. The molecule has 3 rings (SSSR count).